The minimum atomic E-state index is -1.22. The van der Waals surface area contributed by atoms with Gasteiger partial charge in [0.2, 0.25) is 5.91 Å². The number of hydrogen-bond acceptors (Lipinski definition) is 5. The molecule has 1 aromatic heterocycles. The van der Waals surface area contributed by atoms with Crippen LogP contribution in [0.4, 0.5) is 0 Å². The molecule has 1 fully saturated rings. The number of carboxylic acids is 1. The first-order chi connectivity index (χ1) is 9.99. The van der Waals surface area contributed by atoms with Crippen LogP contribution >= 0.6 is 0 Å². The van der Waals surface area contributed by atoms with Crippen LogP contribution in [0.5, 0.6) is 0 Å². The summed E-state index contributed by atoms with van der Waals surface area (Å²) in [6.45, 7) is 1.74. The number of aromatic nitrogens is 2. The number of rotatable bonds is 3. The number of amides is 2. The molecule has 1 aliphatic carbocycles. The van der Waals surface area contributed by atoms with Crippen molar-refractivity contribution in [2.45, 2.75) is 32.6 Å². The predicted octanol–water partition coefficient (Wildman–Crippen LogP) is -0.965. The molecule has 0 saturated heterocycles. The smallest absolute Gasteiger partial charge is 0.290 e. The lowest BCUT2D eigenvalue weighted by Gasteiger charge is -2.30. The minimum absolute atomic E-state index is 0.146. The fourth-order valence-electron chi connectivity index (χ4n) is 2.54. The van der Waals surface area contributed by atoms with Crippen LogP contribution in [0.15, 0.2) is 6.07 Å². The number of carbonyl (C=O) groups excluding carboxylic acids is 3. The maximum absolute atomic E-state index is 12.0. The van der Waals surface area contributed by atoms with Gasteiger partial charge < -0.3 is 9.90 Å². The molecule has 0 spiro atoms. The SMILES string of the molecule is Cc1cc(C(=O)NNC(=O)[C@@H]2CCCC[C@@H]2C(=O)[O-])n[nH]1. The second kappa shape index (κ2) is 6.38. The average molecular weight is 293 g/mol. The Morgan fingerprint density at radius 3 is 2.48 bits per heavy atom. The lowest BCUT2D eigenvalue weighted by atomic mass is 9.79. The van der Waals surface area contributed by atoms with Crippen molar-refractivity contribution in [3.05, 3.63) is 17.5 Å². The quantitative estimate of drug-likeness (QED) is 0.618. The van der Waals surface area contributed by atoms with Gasteiger partial charge in [0, 0.05) is 23.5 Å². The Balaban J connectivity index is 1.91. The summed E-state index contributed by atoms with van der Waals surface area (Å²) in [5.41, 5.74) is 5.36. The standard InChI is InChI=1S/C13H18N4O4/c1-7-6-10(15-14-7)12(19)17-16-11(18)8-4-2-3-5-9(8)13(20)21/h6,8-9H,2-5H2,1H3,(H,14,15)(H,16,18)(H,17,19)(H,20,21)/p-1/t8-,9+/m1/s1. The molecule has 1 aliphatic rings. The molecule has 2 rings (SSSR count). The first-order valence-electron chi connectivity index (χ1n) is 6.82. The van der Waals surface area contributed by atoms with Gasteiger partial charge in [-0.15, -0.1) is 0 Å². The van der Waals surface area contributed by atoms with Crippen LogP contribution < -0.4 is 16.0 Å². The normalized spacial score (nSPS) is 21.6. The number of aromatic amines is 1. The van der Waals surface area contributed by atoms with E-state index in [1.54, 1.807) is 6.92 Å². The topological polar surface area (TPSA) is 127 Å². The molecule has 0 unspecified atom stereocenters. The summed E-state index contributed by atoms with van der Waals surface area (Å²) in [7, 11) is 0. The van der Waals surface area contributed by atoms with E-state index in [2.05, 4.69) is 21.0 Å². The highest BCUT2D eigenvalue weighted by Gasteiger charge is 2.32. The number of aryl methyl sites for hydroxylation is 1. The number of hydrogen-bond donors (Lipinski definition) is 3. The molecule has 0 aromatic carbocycles. The van der Waals surface area contributed by atoms with Gasteiger partial charge in [0.05, 0.1) is 0 Å². The van der Waals surface area contributed by atoms with Gasteiger partial charge in [0.25, 0.3) is 5.91 Å². The summed E-state index contributed by atoms with van der Waals surface area (Å²) in [6, 6.07) is 1.53. The van der Waals surface area contributed by atoms with Crippen LogP contribution in [-0.2, 0) is 9.59 Å². The monoisotopic (exact) mass is 293 g/mol. The molecule has 8 heteroatoms. The molecule has 0 radical (unpaired) electrons. The van der Waals surface area contributed by atoms with Gasteiger partial charge in [-0.2, -0.15) is 5.10 Å². The van der Waals surface area contributed by atoms with Crippen LogP contribution in [-0.4, -0.2) is 28.0 Å². The summed E-state index contributed by atoms with van der Waals surface area (Å²) < 4.78 is 0. The molecule has 21 heavy (non-hydrogen) atoms. The highest BCUT2D eigenvalue weighted by Crippen LogP contribution is 2.29. The molecule has 1 aromatic rings. The number of hydrazine groups is 1. The Bertz CT molecular complexity index is 554. The van der Waals surface area contributed by atoms with Crippen molar-refractivity contribution in [2.24, 2.45) is 11.8 Å². The van der Waals surface area contributed by atoms with Crippen molar-refractivity contribution in [2.75, 3.05) is 0 Å². The van der Waals surface area contributed by atoms with Crippen molar-refractivity contribution < 1.29 is 19.5 Å². The number of H-pyrrole nitrogens is 1. The number of nitrogens with zero attached hydrogens (tertiary/aromatic N) is 1. The van der Waals surface area contributed by atoms with Crippen LogP contribution in [0.2, 0.25) is 0 Å². The Kier molecular flexibility index (Phi) is 4.56. The molecule has 1 saturated carbocycles. The Hall–Kier alpha value is -2.38. The average Bonchev–Trinajstić information content (AvgIpc) is 2.91. The maximum Gasteiger partial charge on any atom is 0.290 e. The molecular weight excluding hydrogens is 276 g/mol. The molecule has 8 nitrogen and oxygen atoms in total. The van der Waals surface area contributed by atoms with Crippen LogP contribution in [0.3, 0.4) is 0 Å². The van der Waals surface area contributed by atoms with Crippen LogP contribution in [0.25, 0.3) is 0 Å². The lowest BCUT2D eigenvalue weighted by Crippen LogP contribution is -2.49. The summed E-state index contributed by atoms with van der Waals surface area (Å²) in [6.07, 6.45) is 2.45. The van der Waals surface area contributed by atoms with E-state index in [1.165, 1.54) is 6.07 Å². The zero-order valence-electron chi connectivity index (χ0n) is 11.6. The van der Waals surface area contributed by atoms with Crippen molar-refractivity contribution in [3.63, 3.8) is 0 Å². The molecule has 114 valence electrons. The van der Waals surface area contributed by atoms with Gasteiger partial charge >= 0.3 is 0 Å². The summed E-state index contributed by atoms with van der Waals surface area (Å²) >= 11 is 0. The third-order valence-electron chi connectivity index (χ3n) is 3.64. The number of nitrogens with one attached hydrogen (secondary N) is 3. The van der Waals surface area contributed by atoms with E-state index >= 15 is 0 Å². The van der Waals surface area contributed by atoms with Gasteiger partial charge in [0.1, 0.15) is 0 Å². The Labute approximate surface area is 121 Å². The second-order valence-corrected chi connectivity index (χ2v) is 5.20. The van der Waals surface area contributed by atoms with E-state index in [0.29, 0.717) is 12.8 Å². The molecule has 0 bridgehead atoms. The van der Waals surface area contributed by atoms with Gasteiger partial charge in [-0.05, 0) is 25.8 Å². The van der Waals surface area contributed by atoms with E-state index in [1.807, 2.05) is 0 Å². The van der Waals surface area contributed by atoms with Gasteiger partial charge in [-0.3, -0.25) is 25.5 Å². The molecule has 0 aliphatic heterocycles. The zero-order valence-corrected chi connectivity index (χ0v) is 11.6. The highest BCUT2D eigenvalue weighted by atomic mass is 16.4. The van der Waals surface area contributed by atoms with Gasteiger partial charge in [-0.1, -0.05) is 12.8 Å². The van der Waals surface area contributed by atoms with Crippen LogP contribution in [0, 0.1) is 18.8 Å². The number of aliphatic carboxylic acids is 1. The number of carbonyl (C=O) groups is 3. The maximum atomic E-state index is 12.0. The van der Waals surface area contributed by atoms with E-state index in [-0.39, 0.29) is 5.69 Å². The molecule has 1 heterocycles. The zero-order chi connectivity index (χ0) is 15.4. The van der Waals surface area contributed by atoms with Gasteiger partial charge in [-0.25, -0.2) is 0 Å². The summed E-state index contributed by atoms with van der Waals surface area (Å²) in [4.78, 5) is 34.8. The third-order valence-corrected chi connectivity index (χ3v) is 3.64. The van der Waals surface area contributed by atoms with Crippen molar-refractivity contribution in [1.29, 1.82) is 0 Å². The van der Waals surface area contributed by atoms with E-state index < -0.39 is 29.6 Å². The predicted molar refractivity (Wildman–Crippen MR) is 69.4 cm³/mol. The summed E-state index contributed by atoms with van der Waals surface area (Å²) in [5, 5.41) is 17.4. The molecule has 2 atom stereocenters. The first-order valence-corrected chi connectivity index (χ1v) is 6.82. The third kappa shape index (κ3) is 3.59. The largest absolute Gasteiger partial charge is 0.550 e. The van der Waals surface area contributed by atoms with Crippen molar-refractivity contribution >= 4 is 17.8 Å². The van der Waals surface area contributed by atoms with Crippen molar-refractivity contribution in [1.82, 2.24) is 21.0 Å². The fourth-order valence-corrected chi connectivity index (χ4v) is 2.54. The van der Waals surface area contributed by atoms with Gasteiger partial charge in [0.15, 0.2) is 5.69 Å². The lowest BCUT2D eigenvalue weighted by molar-refractivity contribution is -0.314. The number of carboxylic acid groups (broad SMARTS) is 1. The highest BCUT2D eigenvalue weighted by molar-refractivity contribution is 5.94. The molecule has 2 amide bonds. The summed E-state index contributed by atoms with van der Waals surface area (Å²) in [5.74, 6) is -3.77. The molecule has 3 N–H and O–H groups in total. The second-order valence-electron chi connectivity index (χ2n) is 5.20. The Morgan fingerprint density at radius 2 is 1.90 bits per heavy atom. The molecular formula is C13H17N4O4-. The first kappa shape index (κ1) is 15.0. The Morgan fingerprint density at radius 1 is 1.24 bits per heavy atom. The minimum Gasteiger partial charge on any atom is -0.550 e. The van der Waals surface area contributed by atoms with Crippen LogP contribution in [0.1, 0.15) is 41.9 Å². The van der Waals surface area contributed by atoms with E-state index in [9.17, 15) is 19.5 Å². The fraction of sp³-hybridized carbons (Fsp3) is 0.538. The van der Waals surface area contributed by atoms with Crippen molar-refractivity contribution in [3.8, 4) is 0 Å². The van der Waals surface area contributed by atoms with E-state index in [4.69, 9.17) is 0 Å². The van der Waals surface area contributed by atoms with E-state index in [0.717, 1.165) is 18.5 Å².